The Balaban J connectivity index is 1.29. The molecule has 1 atom stereocenters. The van der Waals surface area contributed by atoms with Crippen molar-refractivity contribution >= 4 is 28.3 Å². The summed E-state index contributed by atoms with van der Waals surface area (Å²) in [5.41, 5.74) is 3.15. The number of nitrogens with zero attached hydrogens (tertiary/aromatic N) is 2. The summed E-state index contributed by atoms with van der Waals surface area (Å²) in [6.45, 7) is 4.80. The number of nitriles is 1. The fourth-order valence-corrected chi connectivity index (χ4v) is 5.68. The average molecular weight is 523 g/mol. The summed E-state index contributed by atoms with van der Waals surface area (Å²) in [6, 6.07) is 11.7. The SMILES string of the molecule is CCOc1ccccc1CCC(=O)Nc1sc2c(c1C#N)CCC(COC(=O)NCc1cc(C)on1)C2. The number of benzene rings is 1. The van der Waals surface area contributed by atoms with E-state index in [2.05, 4.69) is 21.9 Å². The number of hydrogen-bond acceptors (Lipinski definition) is 8. The highest BCUT2D eigenvalue weighted by Crippen LogP contribution is 2.39. The van der Waals surface area contributed by atoms with Crippen LogP contribution in [0.15, 0.2) is 34.9 Å². The molecule has 1 aliphatic rings. The smallest absolute Gasteiger partial charge is 0.407 e. The first kappa shape index (κ1) is 26.2. The number of carbonyl (C=O) groups excluding carboxylic acids is 2. The van der Waals surface area contributed by atoms with Crippen molar-refractivity contribution in [2.75, 3.05) is 18.5 Å². The molecule has 0 saturated carbocycles. The van der Waals surface area contributed by atoms with Crippen molar-refractivity contribution in [3.63, 3.8) is 0 Å². The fourth-order valence-electron chi connectivity index (χ4n) is 4.36. The van der Waals surface area contributed by atoms with E-state index in [0.29, 0.717) is 47.9 Å². The van der Waals surface area contributed by atoms with Crippen molar-refractivity contribution in [3.05, 3.63) is 63.4 Å². The highest BCUT2D eigenvalue weighted by atomic mass is 32.1. The van der Waals surface area contributed by atoms with E-state index in [1.54, 1.807) is 13.0 Å². The number of carbonyl (C=O) groups is 2. The molecule has 0 fully saturated rings. The lowest BCUT2D eigenvalue weighted by Gasteiger charge is -2.21. The minimum absolute atomic E-state index is 0.139. The monoisotopic (exact) mass is 522 g/mol. The zero-order valence-corrected chi connectivity index (χ0v) is 21.8. The van der Waals surface area contributed by atoms with Crippen LogP contribution in [0.1, 0.15) is 52.8 Å². The Morgan fingerprint density at radius 1 is 1.32 bits per heavy atom. The first-order chi connectivity index (χ1) is 18.0. The summed E-state index contributed by atoms with van der Waals surface area (Å²) in [5.74, 6) is 1.48. The summed E-state index contributed by atoms with van der Waals surface area (Å²) in [4.78, 5) is 25.8. The van der Waals surface area contributed by atoms with Gasteiger partial charge in [-0.1, -0.05) is 23.4 Å². The number of para-hydroxylation sites is 1. The first-order valence-electron chi connectivity index (χ1n) is 12.3. The van der Waals surface area contributed by atoms with Gasteiger partial charge in [-0.15, -0.1) is 11.3 Å². The highest BCUT2D eigenvalue weighted by molar-refractivity contribution is 7.16. The largest absolute Gasteiger partial charge is 0.494 e. The van der Waals surface area contributed by atoms with Gasteiger partial charge in [0, 0.05) is 17.4 Å². The Morgan fingerprint density at radius 2 is 2.16 bits per heavy atom. The third kappa shape index (κ3) is 6.89. The molecule has 2 heterocycles. The number of thiophene rings is 1. The molecule has 4 rings (SSSR count). The molecule has 194 valence electrons. The molecular formula is C27H30N4O5S. The molecular weight excluding hydrogens is 492 g/mol. The maximum atomic E-state index is 12.7. The lowest BCUT2D eigenvalue weighted by Crippen LogP contribution is -2.27. The zero-order valence-electron chi connectivity index (χ0n) is 21.0. The molecule has 2 amide bonds. The maximum absolute atomic E-state index is 12.7. The van der Waals surface area contributed by atoms with E-state index in [0.717, 1.165) is 28.2 Å². The van der Waals surface area contributed by atoms with E-state index < -0.39 is 6.09 Å². The van der Waals surface area contributed by atoms with Crippen LogP contribution in [-0.4, -0.2) is 30.4 Å². The Labute approximate surface area is 219 Å². The molecule has 1 aromatic carbocycles. The van der Waals surface area contributed by atoms with Crippen molar-refractivity contribution in [2.24, 2.45) is 5.92 Å². The number of fused-ring (bicyclic) bond motifs is 1. The summed E-state index contributed by atoms with van der Waals surface area (Å²) in [6.07, 6.45) is 2.54. The topological polar surface area (TPSA) is 126 Å². The standard InChI is InChI=1S/C27H30N4O5S/c1-3-34-23-7-5-4-6-19(23)9-11-25(32)30-26-22(14-28)21-10-8-18(13-24(21)37-26)16-35-27(33)29-15-20-12-17(2)36-31-20/h4-7,12,18H,3,8-11,13,15-16H2,1-2H3,(H,29,33)(H,30,32). The molecule has 10 heteroatoms. The number of rotatable bonds is 10. The number of nitrogens with one attached hydrogen (secondary N) is 2. The zero-order chi connectivity index (χ0) is 26.2. The molecule has 0 saturated heterocycles. The third-order valence-electron chi connectivity index (χ3n) is 6.17. The summed E-state index contributed by atoms with van der Waals surface area (Å²) in [5, 5.41) is 19.8. The normalized spacial score (nSPS) is 14.4. The minimum Gasteiger partial charge on any atom is -0.494 e. The number of hydrogen-bond donors (Lipinski definition) is 2. The number of anilines is 1. The first-order valence-corrected chi connectivity index (χ1v) is 13.2. The van der Waals surface area contributed by atoms with Gasteiger partial charge in [0.1, 0.15) is 28.3 Å². The number of aryl methyl sites for hydroxylation is 2. The number of amides is 2. The second kappa shape index (κ2) is 12.4. The summed E-state index contributed by atoms with van der Waals surface area (Å²) in [7, 11) is 0. The summed E-state index contributed by atoms with van der Waals surface area (Å²) < 4.78 is 16.0. The van der Waals surface area contributed by atoms with E-state index >= 15 is 0 Å². The van der Waals surface area contributed by atoms with E-state index in [1.807, 2.05) is 31.2 Å². The molecule has 1 aliphatic carbocycles. The van der Waals surface area contributed by atoms with E-state index in [4.69, 9.17) is 14.0 Å². The molecule has 3 aromatic rings. The van der Waals surface area contributed by atoms with Crippen LogP contribution in [-0.2, 0) is 35.3 Å². The molecule has 0 bridgehead atoms. The Bertz CT molecular complexity index is 1290. The predicted octanol–water partition coefficient (Wildman–Crippen LogP) is 4.92. The molecule has 37 heavy (non-hydrogen) atoms. The van der Waals surface area contributed by atoms with Crippen molar-refractivity contribution in [1.82, 2.24) is 10.5 Å². The Kier molecular flexibility index (Phi) is 8.80. The van der Waals surface area contributed by atoms with Crippen LogP contribution in [0.25, 0.3) is 0 Å². The van der Waals surface area contributed by atoms with Gasteiger partial charge in [0.15, 0.2) is 0 Å². The Hall–Kier alpha value is -3.84. The molecule has 2 aromatic heterocycles. The third-order valence-corrected chi connectivity index (χ3v) is 7.34. The predicted molar refractivity (Wildman–Crippen MR) is 139 cm³/mol. The van der Waals surface area contributed by atoms with Crippen LogP contribution in [0.4, 0.5) is 9.80 Å². The highest BCUT2D eigenvalue weighted by Gasteiger charge is 2.27. The van der Waals surface area contributed by atoms with Gasteiger partial charge >= 0.3 is 6.09 Å². The van der Waals surface area contributed by atoms with Crippen molar-refractivity contribution in [2.45, 2.75) is 52.5 Å². The molecule has 0 spiro atoms. The van der Waals surface area contributed by atoms with Gasteiger partial charge in [-0.2, -0.15) is 5.26 Å². The number of aromatic nitrogens is 1. The van der Waals surface area contributed by atoms with Crippen LogP contribution in [0.5, 0.6) is 5.75 Å². The van der Waals surface area contributed by atoms with Crippen molar-refractivity contribution in [1.29, 1.82) is 5.26 Å². The van der Waals surface area contributed by atoms with Crippen LogP contribution in [0.3, 0.4) is 0 Å². The molecule has 9 nitrogen and oxygen atoms in total. The number of alkyl carbamates (subject to hydrolysis) is 1. The van der Waals surface area contributed by atoms with Gasteiger partial charge < -0.3 is 24.6 Å². The minimum atomic E-state index is -0.505. The lowest BCUT2D eigenvalue weighted by atomic mass is 9.88. The maximum Gasteiger partial charge on any atom is 0.407 e. The fraction of sp³-hybridized carbons (Fsp3) is 0.407. The van der Waals surface area contributed by atoms with Crippen LogP contribution in [0.2, 0.25) is 0 Å². The summed E-state index contributed by atoms with van der Waals surface area (Å²) >= 11 is 1.44. The Morgan fingerprint density at radius 3 is 2.92 bits per heavy atom. The van der Waals surface area contributed by atoms with Gasteiger partial charge in [-0.25, -0.2) is 4.79 Å². The average Bonchev–Trinajstić information content (AvgIpc) is 3.47. The van der Waals surface area contributed by atoms with Gasteiger partial charge in [-0.3, -0.25) is 4.79 Å². The lowest BCUT2D eigenvalue weighted by molar-refractivity contribution is -0.116. The van der Waals surface area contributed by atoms with Crippen LogP contribution < -0.4 is 15.4 Å². The van der Waals surface area contributed by atoms with E-state index in [1.165, 1.54) is 11.3 Å². The van der Waals surface area contributed by atoms with Gasteiger partial charge in [0.2, 0.25) is 5.91 Å². The quantitative estimate of drug-likeness (QED) is 0.387. The molecule has 1 unspecified atom stereocenters. The van der Waals surface area contributed by atoms with Crippen LogP contribution >= 0.6 is 11.3 Å². The van der Waals surface area contributed by atoms with Gasteiger partial charge in [0.25, 0.3) is 0 Å². The second-order valence-electron chi connectivity index (χ2n) is 8.90. The van der Waals surface area contributed by atoms with Crippen molar-refractivity contribution < 1.29 is 23.6 Å². The van der Waals surface area contributed by atoms with E-state index in [9.17, 15) is 14.9 Å². The molecule has 2 N–H and O–H groups in total. The molecule has 0 aliphatic heterocycles. The number of ether oxygens (including phenoxy) is 2. The van der Waals surface area contributed by atoms with Crippen LogP contribution in [0, 0.1) is 24.2 Å². The van der Waals surface area contributed by atoms with Gasteiger partial charge in [-0.05, 0) is 62.6 Å². The van der Waals surface area contributed by atoms with Crippen molar-refractivity contribution in [3.8, 4) is 11.8 Å². The van der Waals surface area contributed by atoms with Gasteiger partial charge in [0.05, 0.1) is 25.3 Å². The molecule has 0 radical (unpaired) electrons. The van der Waals surface area contributed by atoms with E-state index in [-0.39, 0.29) is 31.4 Å². The second-order valence-corrected chi connectivity index (χ2v) is 10.0.